The minimum absolute atomic E-state index is 0.0953. The van der Waals surface area contributed by atoms with E-state index in [9.17, 15) is 15.0 Å². The summed E-state index contributed by atoms with van der Waals surface area (Å²) in [5.41, 5.74) is 0.593. The number of aliphatic hydroxyl groups excluding tert-OH is 2. The molecule has 10 heteroatoms. The molecule has 0 aromatic rings. The van der Waals surface area contributed by atoms with Crippen LogP contribution in [0.4, 0.5) is 0 Å². The molecule has 30 heavy (non-hydrogen) atoms. The number of ether oxygens (including phenoxy) is 5. The van der Waals surface area contributed by atoms with Crippen LogP contribution in [0.25, 0.3) is 0 Å². The number of carbonyl (C=O) groups is 1. The number of aliphatic hydroxyl groups is 2. The first-order valence-corrected chi connectivity index (χ1v) is 10.1. The number of dihydropyridines is 1. The van der Waals surface area contributed by atoms with Crippen LogP contribution in [0, 0.1) is 0 Å². The Morgan fingerprint density at radius 2 is 1.73 bits per heavy atom. The van der Waals surface area contributed by atoms with Crippen LogP contribution < -0.4 is 5.32 Å². The molecule has 0 spiro atoms. The average molecular weight is 433 g/mol. The van der Waals surface area contributed by atoms with Crippen LogP contribution in [0.5, 0.6) is 0 Å². The second kappa shape index (κ2) is 17.0. The van der Waals surface area contributed by atoms with Crippen LogP contribution in [0.3, 0.4) is 0 Å². The van der Waals surface area contributed by atoms with E-state index in [-0.39, 0.29) is 31.6 Å². The van der Waals surface area contributed by atoms with Crippen molar-refractivity contribution in [3.8, 4) is 0 Å². The van der Waals surface area contributed by atoms with E-state index in [4.69, 9.17) is 23.7 Å². The lowest BCUT2D eigenvalue weighted by molar-refractivity contribution is -0.141. The minimum Gasteiger partial charge on any atom is -0.492 e. The van der Waals surface area contributed by atoms with Gasteiger partial charge in [-0.3, -0.25) is 9.69 Å². The molecule has 0 radical (unpaired) electrons. The Bertz CT molecular complexity index is 527. The molecule has 1 heterocycles. The van der Waals surface area contributed by atoms with Crippen LogP contribution in [-0.4, -0.2) is 114 Å². The average Bonchev–Trinajstić information content (AvgIpc) is 2.77. The summed E-state index contributed by atoms with van der Waals surface area (Å²) < 4.78 is 26.3. The van der Waals surface area contributed by atoms with Gasteiger partial charge in [-0.1, -0.05) is 0 Å². The highest BCUT2D eigenvalue weighted by Crippen LogP contribution is 2.11. The van der Waals surface area contributed by atoms with Gasteiger partial charge in [-0.2, -0.15) is 0 Å². The summed E-state index contributed by atoms with van der Waals surface area (Å²) in [6.07, 6.45) is 3.76. The third-order valence-corrected chi connectivity index (χ3v) is 4.31. The van der Waals surface area contributed by atoms with Gasteiger partial charge in [0, 0.05) is 38.5 Å². The van der Waals surface area contributed by atoms with Gasteiger partial charge in [-0.05, 0) is 6.08 Å². The Balaban J connectivity index is 2.37. The molecule has 3 N–H and O–H groups in total. The van der Waals surface area contributed by atoms with Crippen molar-refractivity contribution in [3.05, 3.63) is 23.6 Å². The molecule has 0 amide bonds. The zero-order valence-electron chi connectivity index (χ0n) is 18.0. The van der Waals surface area contributed by atoms with Crippen LogP contribution in [0.2, 0.25) is 0 Å². The second-order valence-electron chi connectivity index (χ2n) is 6.56. The van der Waals surface area contributed by atoms with Gasteiger partial charge < -0.3 is 39.2 Å². The summed E-state index contributed by atoms with van der Waals surface area (Å²) >= 11 is 0. The fraction of sp³-hybridized carbons (Fsp3) is 0.750. The van der Waals surface area contributed by atoms with E-state index in [0.29, 0.717) is 70.7 Å². The van der Waals surface area contributed by atoms with Gasteiger partial charge in [0.05, 0.1) is 65.8 Å². The highest BCUT2D eigenvalue weighted by molar-refractivity contribution is 5.69. The SMILES string of the molecule is COCCOCCOCCN(CCOC1=CC(CO)NC(CO)=C1)CCC(=O)OC. The summed E-state index contributed by atoms with van der Waals surface area (Å²) in [6.45, 7) is 4.47. The molecule has 174 valence electrons. The number of esters is 1. The first kappa shape index (κ1) is 26.3. The lowest BCUT2D eigenvalue weighted by Gasteiger charge is -2.24. The quantitative estimate of drug-likeness (QED) is 0.189. The number of rotatable bonds is 18. The molecule has 1 rings (SSSR count). The molecule has 0 bridgehead atoms. The van der Waals surface area contributed by atoms with E-state index >= 15 is 0 Å². The standard InChI is InChI=1S/C20H36N2O8/c1-26-9-10-29-12-11-28-7-5-22(4-3-20(25)27-2)6-8-30-19-13-17(15-23)21-18(14-19)16-24/h13-14,17,21,23-24H,3-12,15-16H2,1-2H3. The van der Waals surface area contributed by atoms with Gasteiger partial charge in [0.25, 0.3) is 0 Å². The summed E-state index contributed by atoms with van der Waals surface area (Å²) in [6, 6.07) is -0.290. The van der Waals surface area contributed by atoms with Crippen molar-refractivity contribution in [1.29, 1.82) is 0 Å². The van der Waals surface area contributed by atoms with Crippen molar-refractivity contribution in [1.82, 2.24) is 10.2 Å². The van der Waals surface area contributed by atoms with E-state index in [2.05, 4.69) is 10.2 Å². The molecule has 0 aromatic heterocycles. The molecular weight excluding hydrogens is 396 g/mol. The Labute approximate surface area is 178 Å². The second-order valence-corrected chi connectivity index (χ2v) is 6.56. The number of methoxy groups -OCH3 is 2. The Morgan fingerprint density at radius 1 is 1.03 bits per heavy atom. The van der Waals surface area contributed by atoms with E-state index < -0.39 is 0 Å². The third-order valence-electron chi connectivity index (χ3n) is 4.31. The molecule has 0 saturated carbocycles. The van der Waals surface area contributed by atoms with Crippen molar-refractivity contribution >= 4 is 5.97 Å². The zero-order valence-corrected chi connectivity index (χ0v) is 18.0. The topological polar surface area (TPSA) is 119 Å². The van der Waals surface area contributed by atoms with E-state index in [1.54, 1.807) is 19.3 Å². The maximum absolute atomic E-state index is 11.5. The monoisotopic (exact) mass is 432 g/mol. The van der Waals surface area contributed by atoms with Gasteiger partial charge in [-0.25, -0.2) is 0 Å². The normalized spacial score (nSPS) is 16.1. The molecule has 0 aromatic carbocycles. The van der Waals surface area contributed by atoms with Crippen LogP contribution >= 0.6 is 0 Å². The van der Waals surface area contributed by atoms with Crippen LogP contribution in [-0.2, 0) is 28.5 Å². The largest absolute Gasteiger partial charge is 0.492 e. The predicted molar refractivity (Wildman–Crippen MR) is 110 cm³/mol. The van der Waals surface area contributed by atoms with Gasteiger partial charge >= 0.3 is 5.97 Å². The molecular formula is C20H36N2O8. The number of hydrogen-bond donors (Lipinski definition) is 3. The number of allylic oxidation sites excluding steroid dienone is 1. The lowest BCUT2D eigenvalue weighted by atomic mass is 10.1. The Kier molecular flexibility index (Phi) is 15.0. The maximum Gasteiger partial charge on any atom is 0.306 e. The molecule has 1 aliphatic heterocycles. The Hall–Kier alpha value is -1.69. The number of nitrogens with zero attached hydrogens (tertiary/aromatic N) is 1. The van der Waals surface area contributed by atoms with Gasteiger partial charge in [0.2, 0.25) is 0 Å². The maximum atomic E-state index is 11.5. The molecule has 0 fully saturated rings. The lowest BCUT2D eigenvalue weighted by Crippen LogP contribution is -2.35. The van der Waals surface area contributed by atoms with Crippen molar-refractivity contribution in [3.63, 3.8) is 0 Å². The zero-order chi connectivity index (χ0) is 22.0. The van der Waals surface area contributed by atoms with Crippen molar-refractivity contribution in [2.45, 2.75) is 12.5 Å². The van der Waals surface area contributed by atoms with E-state index in [0.717, 1.165) is 0 Å². The fourth-order valence-electron chi connectivity index (χ4n) is 2.66. The van der Waals surface area contributed by atoms with Gasteiger partial charge in [0.1, 0.15) is 12.4 Å². The smallest absolute Gasteiger partial charge is 0.306 e. The predicted octanol–water partition coefficient (Wildman–Crippen LogP) is -0.728. The number of nitrogens with one attached hydrogen (secondary N) is 1. The highest BCUT2D eigenvalue weighted by Gasteiger charge is 2.14. The van der Waals surface area contributed by atoms with E-state index in [1.807, 2.05) is 0 Å². The molecule has 0 aliphatic carbocycles. The summed E-state index contributed by atoms with van der Waals surface area (Å²) in [7, 11) is 3.00. The van der Waals surface area contributed by atoms with Crippen molar-refractivity contribution in [2.75, 3.05) is 86.7 Å². The molecule has 1 atom stereocenters. The summed E-state index contributed by atoms with van der Waals surface area (Å²) in [4.78, 5) is 13.5. The summed E-state index contributed by atoms with van der Waals surface area (Å²) in [5.74, 6) is 0.324. The Morgan fingerprint density at radius 3 is 2.40 bits per heavy atom. The molecule has 1 aliphatic rings. The molecule has 1 unspecified atom stereocenters. The summed E-state index contributed by atoms with van der Waals surface area (Å²) in [5, 5.41) is 21.6. The first-order chi connectivity index (χ1) is 14.6. The molecule has 0 saturated heterocycles. The number of hydrogen-bond acceptors (Lipinski definition) is 10. The van der Waals surface area contributed by atoms with Gasteiger partial charge in [0.15, 0.2) is 0 Å². The van der Waals surface area contributed by atoms with Gasteiger partial charge in [-0.15, -0.1) is 0 Å². The van der Waals surface area contributed by atoms with Crippen LogP contribution in [0.1, 0.15) is 6.42 Å². The first-order valence-electron chi connectivity index (χ1n) is 10.1. The van der Waals surface area contributed by atoms with Crippen molar-refractivity contribution < 1.29 is 38.7 Å². The minimum atomic E-state index is -0.290. The third kappa shape index (κ3) is 12.1. The van der Waals surface area contributed by atoms with E-state index in [1.165, 1.54) is 7.11 Å². The highest BCUT2D eigenvalue weighted by atomic mass is 16.5. The van der Waals surface area contributed by atoms with Crippen LogP contribution in [0.15, 0.2) is 23.6 Å². The number of carbonyl (C=O) groups excluding carboxylic acids is 1. The van der Waals surface area contributed by atoms with Crippen molar-refractivity contribution in [2.24, 2.45) is 0 Å². The fourth-order valence-corrected chi connectivity index (χ4v) is 2.66. The molecule has 10 nitrogen and oxygen atoms in total.